The minimum Gasteiger partial charge on any atom is -0.398 e. The van der Waals surface area contributed by atoms with E-state index in [1.165, 1.54) is 0 Å². The fourth-order valence-electron chi connectivity index (χ4n) is 1.65. The van der Waals surface area contributed by atoms with Crippen molar-refractivity contribution in [1.29, 1.82) is 0 Å². The van der Waals surface area contributed by atoms with Gasteiger partial charge >= 0.3 is 0 Å². The molecule has 98 valence electrons. The SMILES string of the molecule is Cc1c(N)cccc1NC(=O)c1ccc(Br)cc1Cl. The summed E-state index contributed by atoms with van der Waals surface area (Å²) in [7, 11) is 0. The number of amides is 1. The van der Waals surface area contributed by atoms with E-state index in [2.05, 4.69) is 21.2 Å². The summed E-state index contributed by atoms with van der Waals surface area (Å²) >= 11 is 9.35. The molecule has 2 aromatic carbocycles. The minimum atomic E-state index is -0.258. The average Bonchev–Trinajstić information content (AvgIpc) is 2.34. The van der Waals surface area contributed by atoms with E-state index in [9.17, 15) is 4.79 Å². The van der Waals surface area contributed by atoms with Gasteiger partial charge < -0.3 is 11.1 Å². The van der Waals surface area contributed by atoms with Gasteiger partial charge in [0.15, 0.2) is 0 Å². The van der Waals surface area contributed by atoms with Crippen LogP contribution in [0.4, 0.5) is 11.4 Å². The van der Waals surface area contributed by atoms with Gasteiger partial charge in [0.1, 0.15) is 0 Å². The zero-order valence-corrected chi connectivity index (χ0v) is 12.5. The highest BCUT2D eigenvalue weighted by atomic mass is 79.9. The lowest BCUT2D eigenvalue weighted by Gasteiger charge is -2.11. The van der Waals surface area contributed by atoms with Gasteiger partial charge in [-0.25, -0.2) is 0 Å². The van der Waals surface area contributed by atoms with Crippen LogP contribution in [0, 0.1) is 6.92 Å². The lowest BCUT2D eigenvalue weighted by molar-refractivity contribution is 0.102. The van der Waals surface area contributed by atoms with Gasteiger partial charge in [-0.1, -0.05) is 33.6 Å². The molecular formula is C14H12BrClN2O. The molecule has 0 aliphatic carbocycles. The third-order valence-electron chi connectivity index (χ3n) is 2.80. The second-order valence-electron chi connectivity index (χ2n) is 4.10. The molecule has 0 radical (unpaired) electrons. The van der Waals surface area contributed by atoms with Gasteiger partial charge in [-0.15, -0.1) is 0 Å². The second kappa shape index (κ2) is 5.63. The van der Waals surface area contributed by atoms with E-state index in [-0.39, 0.29) is 5.91 Å². The number of anilines is 2. The van der Waals surface area contributed by atoms with Gasteiger partial charge in [0.25, 0.3) is 5.91 Å². The molecule has 3 N–H and O–H groups in total. The maximum absolute atomic E-state index is 12.2. The molecule has 19 heavy (non-hydrogen) atoms. The zero-order valence-electron chi connectivity index (χ0n) is 10.2. The Morgan fingerprint density at radius 2 is 2.05 bits per heavy atom. The molecule has 0 saturated heterocycles. The number of benzene rings is 2. The molecule has 0 heterocycles. The average molecular weight is 340 g/mol. The number of nitrogens with one attached hydrogen (secondary N) is 1. The topological polar surface area (TPSA) is 55.1 Å². The number of nitrogens with two attached hydrogens (primary N) is 1. The maximum Gasteiger partial charge on any atom is 0.257 e. The number of rotatable bonds is 2. The monoisotopic (exact) mass is 338 g/mol. The Labute approximate surface area is 124 Å². The Morgan fingerprint density at radius 1 is 1.32 bits per heavy atom. The second-order valence-corrected chi connectivity index (χ2v) is 5.42. The van der Waals surface area contributed by atoms with Crippen LogP contribution in [-0.4, -0.2) is 5.91 Å². The molecule has 0 unspecified atom stereocenters. The summed E-state index contributed by atoms with van der Waals surface area (Å²) in [5, 5.41) is 3.21. The van der Waals surface area contributed by atoms with Gasteiger partial charge in [-0.05, 0) is 42.8 Å². The molecule has 0 atom stereocenters. The minimum absolute atomic E-state index is 0.258. The number of hydrogen-bond acceptors (Lipinski definition) is 2. The lowest BCUT2D eigenvalue weighted by atomic mass is 10.1. The number of carbonyl (C=O) groups excluding carboxylic acids is 1. The largest absolute Gasteiger partial charge is 0.398 e. The smallest absolute Gasteiger partial charge is 0.257 e. The summed E-state index contributed by atoms with van der Waals surface area (Å²) in [5.41, 5.74) is 8.38. The fourth-order valence-corrected chi connectivity index (χ4v) is 2.41. The van der Waals surface area contributed by atoms with Gasteiger partial charge in [0, 0.05) is 15.8 Å². The van der Waals surface area contributed by atoms with E-state index in [1.807, 2.05) is 6.92 Å². The first kappa shape index (κ1) is 13.9. The van der Waals surface area contributed by atoms with Crippen LogP contribution in [0.5, 0.6) is 0 Å². The number of carbonyl (C=O) groups is 1. The van der Waals surface area contributed by atoms with Crippen molar-refractivity contribution in [3.05, 3.63) is 57.0 Å². The Bertz CT molecular complexity index is 643. The van der Waals surface area contributed by atoms with Crippen molar-refractivity contribution in [2.45, 2.75) is 6.92 Å². The van der Waals surface area contributed by atoms with Crippen molar-refractivity contribution >= 4 is 44.8 Å². The van der Waals surface area contributed by atoms with Crippen molar-refractivity contribution in [1.82, 2.24) is 0 Å². The summed E-state index contributed by atoms with van der Waals surface area (Å²) in [6, 6.07) is 10.5. The fraction of sp³-hybridized carbons (Fsp3) is 0.0714. The highest BCUT2D eigenvalue weighted by Gasteiger charge is 2.12. The molecule has 1 amide bonds. The van der Waals surface area contributed by atoms with Gasteiger partial charge in [-0.3, -0.25) is 4.79 Å². The van der Waals surface area contributed by atoms with Gasteiger partial charge in [-0.2, -0.15) is 0 Å². The molecule has 0 aliphatic heterocycles. The molecular weight excluding hydrogens is 328 g/mol. The van der Waals surface area contributed by atoms with Crippen LogP contribution in [0.1, 0.15) is 15.9 Å². The van der Waals surface area contributed by atoms with Gasteiger partial charge in [0.2, 0.25) is 0 Å². The predicted octanol–water partition coefficient (Wildman–Crippen LogP) is 4.25. The highest BCUT2D eigenvalue weighted by Crippen LogP contribution is 2.24. The first-order valence-corrected chi connectivity index (χ1v) is 6.77. The molecule has 0 fully saturated rings. The Kier molecular flexibility index (Phi) is 4.12. The van der Waals surface area contributed by atoms with Crippen LogP contribution < -0.4 is 11.1 Å². The molecule has 0 bridgehead atoms. The lowest BCUT2D eigenvalue weighted by Crippen LogP contribution is -2.13. The molecule has 5 heteroatoms. The molecule has 3 nitrogen and oxygen atoms in total. The van der Waals surface area contributed by atoms with E-state index < -0.39 is 0 Å². The Hall–Kier alpha value is -1.52. The predicted molar refractivity (Wildman–Crippen MR) is 82.7 cm³/mol. The van der Waals surface area contributed by atoms with Crippen LogP contribution in [0.2, 0.25) is 5.02 Å². The molecule has 0 saturated carbocycles. The van der Waals surface area contributed by atoms with E-state index in [0.29, 0.717) is 22.0 Å². The molecule has 2 rings (SSSR count). The van der Waals surface area contributed by atoms with E-state index in [1.54, 1.807) is 36.4 Å². The van der Waals surface area contributed by atoms with Crippen molar-refractivity contribution in [2.75, 3.05) is 11.1 Å². The quantitative estimate of drug-likeness (QED) is 0.804. The molecule has 0 aliphatic rings. The molecule has 0 spiro atoms. The Balaban J connectivity index is 2.28. The summed E-state index contributed by atoms with van der Waals surface area (Å²) in [5.74, 6) is -0.258. The van der Waals surface area contributed by atoms with Crippen molar-refractivity contribution in [3.63, 3.8) is 0 Å². The third-order valence-corrected chi connectivity index (χ3v) is 3.61. The summed E-state index contributed by atoms with van der Waals surface area (Å²) < 4.78 is 0.828. The van der Waals surface area contributed by atoms with Crippen LogP contribution in [0.3, 0.4) is 0 Å². The van der Waals surface area contributed by atoms with Crippen LogP contribution >= 0.6 is 27.5 Å². The van der Waals surface area contributed by atoms with E-state index in [0.717, 1.165) is 10.0 Å². The maximum atomic E-state index is 12.2. The first-order chi connectivity index (χ1) is 8.99. The molecule has 2 aromatic rings. The van der Waals surface area contributed by atoms with Gasteiger partial charge in [0.05, 0.1) is 10.6 Å². The Morgan fingerprint density at radius 3 is 2.74 bits per heavy atom. The normalized spacial score (nSPS) is 10.3. The van der Waals surface area contributed by atoms with E-state index >= 15 is 0 Å². The van der Waals surface area contributed by atoms with E-state index in [4.69, 9.17) is 17.3 Å². The van der Waals surface area contributed by atoms with Crippen LogP contribution in [0.25, 0.3) is 0 Å². The van der Waals surface area contributed by atoms with Crippen molar-refractivity contribution < 1.29 is 4.79 Å². The van der Waals surface area contributed by atoms with Crippen LogP contribution in [0.15, 0.2) is 40.9 Å². The summed E-state index contributed by atoms with van der Waals surface area (Å²) in [6.07, 6.45) is 0. The van der Waals surface area contributed by atoms with Crippen LogP contribution in [-0.2, 0) is 0 Å². The number of hydrogen-bond donors (Lipinski definition) is 2. The molecule has 0 aromatic heterocycles. The summed E-state index contributed by atoms with van der Waals surface area (Å²) in [6.45, 7) is 1.86. The van der Waals surface area contributed by atoms with Crippen molar-refractivity contribution in [3.8, 4) is 0 Å². The highest BCUT2D eigenvalue weighted by molar-refractivity contribution is 9.10. The number of halogens is 2. The standard InChI is InChI=1S/C14H12BrClN2O/c1-8-12(17)3-2-4-13(8)18-14(19)10-6-5-9(15)7-11(10)16/h2-7H,17H2,1H3,(H,18,19). The third kappa shape index (κ3) is 3.08. The zero-order chi connectivity index (χ0) is 14.0. The summed E-state index contributed by atoms with van der Waals surface area (Å²) in [4.78, 5) is 12.2. The van der Waals surface area contributed by atoms with Crippen molar-refractivity contribution in [2.24, 2.45) is 0 Å². The first-order valence-electron chi connectivity index (χ1n) is 5.60. The number of nitrogen functional groups attached to an aromatic ring is 1.